The molecule has 4 heteroatoms. The molecule has 0 amide bonds. The molecule has 1 heterocycles. The van der Waals surface area contributed by atoms with Crippen molar-refractivity contribution in [3.8, 4) is 0 Å². The third-order valence-electron chi connectivity index (χ3n) is 3.05. The predicted molar refractivity (Wildman–Crippen MR) is 74.4 cm³/mol. The minimum absolute atomic E-state index is 0.145. The molecule has 0 aliphatic carbocycles. The average Bonchev–Trinajstić information content (AvgIpc) is 2.81. The maximum atomic E-state index is 8.79. The van der Waals surface area contributed by atoms with Crippen LogP contribution in [0.5, 0.6) is 0 Å². The molecule has 1 aromatic rings. The van der Waals surface area contributed by atoms with Gasteiger partial charge < -0.3 is 10.4 Å². The second kappa shape index (κ2) is 10.1. The smallest absolute Gasteiger partial charge is 0.0640 e. The molecule has 0 spiro atoms. The van der Waals surface area contributed by atoms with Gasteiger partial charge in [-0.1, -0.05) is 39.0 Å². The summed E-state index contributed by atoms with van der Waals surface area (Å²) in [6, 6.07) is 0. The van der Waals surface area contributed by atoms with Crippen molar-refractivity contribution in [1.29, 1.82) is 0 Å². The first-order chi connectivity index (χ1) is 8.86. The first-order valence-electron chi connectivity index (χ1n) is 7.19. The Bertz CT molecular complexity index is 299. The van der Waals surface area contributed by atoms with E-state index in [9.17, 15) is 0 Å². The largest absolute Gasteiger partial charge is 0.394 e. The van der Waals surface area contributed by atoms with Gasteiger partial charge in [-0.05, 0) is 13.0 Å². The topological polar surface area (TPSA) is 50.1 Å². The molecule has 0 saturated carbocycles. The highest BCUT2D eigenvalue weighted by atomic mass is 16.3. The molecule has 0 unspecified atom stereocenters. The van der Waals surface area contributed by atoms with E-state index in [0.717, 1.165) is 13.1 Å². The lowest BCUT2D eigenvalue weighted by molar-refractivity contribution is 0.269. The van der Waals surface area contributed by atoms with E-state index >= 15 is 0 Å². The van der Waals surface area contributed by atoms with Crippen molar-refractivity contribution in [1.82, 2.24) is 15.1 Å². The molecule has 0 radical (unpaired) electrons. The Labute approximate surface area is 110 Å². The van der Waals surface area contributed by atoms with Crippen molar-refractivity contribution in [3.63, 3.8) is 0 Å². The van der Waals surface area contributed by atoms with E-state index < -0.39 is 0 Å². The van der Waals surface area contributed by atoms with Gasteiger partial charge in [0.15, 0.2) is 0 Å². The maximum absolute atomic E-state index is 8.79. The molecule has 2 N–H and O–H groups in total. The molecule has 18 heavy (non-hydrogen) atoms. The van der Waals surface area contributed by atoms with Gasteiger partial charge in [-0.15, -0.1) is 0 Å². The fourth-order valence-electron chi connectivity index (χ4n) is 1.99. The van der Waals surface area contributed by atoms with E-state index in [1.54, 1.807) is 4.68 Å². The van der Waals surface area contributed by atoms with Crippen LogP contribution in [0.15, 0.2) is 12.4 Å². The number of unbranched alkanes of at least 4 members (excludes halogenated alkanes) is 5. The summed E-state index contributed by atoms with van der Waals surface area (Å²) in [6.45, 7) is 4.93. The summed E-state index contributed by atoms with van der Waals surface area (Å²) in [6.07, 6.45) is 11.9. The highest BCUT2D eigenvalue weighted by Crippen LogP contribution is 2.04. The quantitative estimate of drug-likeness (QED) is 0.595. The minimum atomic E-state index is 0.145. The summed E-state index contributed by atoms with van der Waals surface area (Å²) in [5.74, 6) is 0. The van der Waals surface area contributed by atoms with Crippen molar-refractivity contribution in [2.45, 2.75) is 58.5 Å². The second-order valence-corrected chi connectivity index (χ2v) is 4.78. The van der Waals surface area contributed by atoms with Crippen LogP contribution in [0.4, 0.5) is 0 Å². The summed E-state index contributed by atoms with van der Waals surface area (Å²) in [5.41, 5.74) is 1.19. The first kappa shape index (κ1) is 15.2. The standard InChI is InChI=1S/C14H27N3O/c1-2-3-4-5-6-7-8-15-11-14-12-16-17(13-14)9-10-18/h12-13,15,18H,2-11H2,1H3. The fraction of sp³-hybridized carbons (Fsp3) is 0.786. The molecule has 0 bridgehead atoms. The number of hydrogen-bond acceptors (Lipinski definition) is 3. The van der Waals surface area contributed by atoms with Gasteiger partial charge in [-0.3, -0.25) is 4.68 Å². The maximum Gasteiger partial charge on any atom is 0.0640 e. The van der Waals surface area contributed by atoms with Gasteiger partial charge in [0.2, 0.25) is 0 Å². The van der Waals surface area contributed by atoms with E-state index in [1.807, 2.05) is 12.4 Å². The van der Waals surface area contributed by atoms with Crippen LogP contribution in [-0.4, -0.2) is 28.0 Å². The third-order valence-corrected chi connectivity index (χ3v) is 3.05. The zero-order valence-electron chi connectivity index (χ0n) is 11.6. The molecule has 4 nitrogen and oxygen atoms in total. The van der Waals surface area contributed by atoms with Crippen LogP contribution in [0.2, 0.25) is 0 Å². The Balaban J connectivity index is 1.96. The van der Waals surface area contributed by atoms with Crippen molar-refractivity contribution >= 4 is 0 Å². The molecular formula is C14H27N3O. The molecule has 0 fully saturated rings. The van der Waals surface area contributed by atoms with E-state index in [2.05, 4.69) is 17.3 Å². The van der Waals surface area contributed by atoms with Gasteiger partial charge in [-0.2, -0.15) is 5.10 Å². The van der Waals surface area contributed by atoms with Crippen LogP contribution < -0.4 is 5.32 Å². The summed E-state index contributed by atoms with van der Waals surface area (Å²) < 4.78 is 1.78. The van der Waals surface area contributed by atoms with Gasteiger partial charge in [0.05, 0.1) is 19.3 Å². The molecule has 0 aliphatic rings. The Kier molecular flexibility index (Phi) is 8.51. The molecule has 1 rings (SSSR count). The zero-order valence-corrected chi connectivity index (χ0v) is 11.6. The lowest BCUT2D eigenvalue weighted by Crippen LogP contribution is -2.14. The predicted octanol–water partition coefficient (Wildman–Crippen LogP) is 2.33. The summed E-state index contributed by atoms with van der Waals surface area (Å²) in [4.78, 5) is 0. The molecule has 0 aromatic carbocycles. The Morgan fingerprint density at radius 1 is 1.22 bits per heavy atom. The first-order valence-corrected chi connectivity index (χ1v) is 7.19. The SMILES string of the molecule is CCCCCCCCNCc1cnn(CCO)c1. The van der Waals surface area contributed by atoms with Gasteiger partial charge in [0, 0.05) is 18.3 Å². The molecule has 104 valence electrons. The molecule has 1 aromatic heterocycles. The monoisotopic (exact) mass is 253 g/mol. The van der Waals surface area contributed by atoms with E-state index in [1.165, 1.54) is 44.1 Å². The normalized spacial score (nSPS) is 11.0. The fourth-order valence-corrected chi connectivity index (χ4v) is 1.99. The number of aliphatic hydroxyl groups excluding tert-OH is 1. The highest BCUT2D eigenvalue weighted by molar-refractivity contribution is 5.03. The molecule has 0 saturated heterocycles. The van der Waals surface area contributed by atoms with Crippen molar-refractivity contribution < 1.29 is 5.11 Å². The zero-order chi connectivity index (χ0) is 13.1. The number of hydrogen-bond donors (Lipinski definition) is 2. The molecular weight excluding hydrogens is 226 g/mol. The van der Waals surface area contributed by atoms with E-state index in [4.69, 9.17) is 5.11 Å². The van der Waals surface area contributed by atoms with Crippen LogP contribution in [0, 0.1) is 0 Å². The minimum Gasteiger partial charge on any atom is -0.394 e. The number of rotatable bonds is 11. The Hall–Kier alpha value is -0.870. The van der Waals surface area contributed by atoms with Crippen molar-refractivity contribution in [2.24, 2.45) is 0 Å². The van der Waals surface area contributed by atoms with Crippen molar-refractivity contribution in [2.75, 3.05) is 13.2 Å². The average molecular weight is 253 g/mol. The van der Waals surface area contributed by atoms with Crippen LogP contribution >= 0.6 is 0 Å². The van der Waals surface area contributed by atoms with Gasteiger partial charge in [0.1, 0.15) is 0 Å². The Morgan fingerprint density at radius 2 is 2.00 bits per heavy atom. The lowest BCUT2D eigenvalue weighted by atomic mass is 10.1. The summed E-state index contributed by atoms with van der Waals surface area (Å²) in [7, 11) is 0. The van der Waals surface area contributed by atoms with Crippen LogP contribution in [0.1, 0.15) is 51.0 Å². The Morgan fingerprint density at radius 3 is 2.78 bits per heavy atom. The second-order valence-electron chi connectivity index (χ2n) is 4.78. The van der Waals surface area contributed by atoms with Crippen LogP contribution in [0.25, 0.3) is 0 Å². The highest BCUT2D eigenvalue weighted by Gasteiger charge is 1.97. The van der Waals surface area contributed by atoms with Gasteiger partial charge in [-0.25, -0.2) is 0 Å². The number of aliphatic hydroxyl groups is 1. The van der Waals surface area contributed by atoms with Gasteiger partial charge in [0.25, 0.3) is 0 Å². The molecule has 0 aliphatic heterocycles. The van der Waals surface area contributed by atoms with Crippen molar-refractivity contribution in [3.05, 3.63) is 18.0 Å². The van der Waals surface area contributed by atoms with E-state index in [0.29, 0.717) is 6.54 Å². The van der Waals surface area contributed by atoms with Crippen LogP contribution in [-0.2, 0) is 13.1 Å². The molecule has 0 atom stereocenters. The van der Waals surface area contributed by atoms with E-state index in [-0.39, 0.29) is 6.61 Å². The number of aromatic nitrogens is 2. The van der Waals surface area contributed by atoms with Crippen LogP contribution in [0.3, 0.4) is 0 Å². The lowest BCUT2D eigenvalue weighted by Gasteiger charge is -2.03. The summed E-state index contributed by atoms with van der Waals surface area (Å²) in [5, 5.41) is 16.4. The third kappa shape index (κ3) is 6.77. The van der Waals surface area contributed by atoms with Gasteiger partial charge >= 0.3 is 0 Å². The number of nitrogens with zero attached hydrogens (tertiary/aromatic N) is 2. The number of nitrogens with one attached hydrogen (secondary N) is 1. The summed E-state index contributed by atoms with van der Waals surface area (Å²) >= 11 is 0.